The molecule has 0 bridgehead atoms. The minimum absolute atomic E-state index is 0.00427. The van der Waals surface area contributed by atoms with Crippen LogP contribution in [-0.4, -0.2) is 64.4 Å². The van der Waals surface area contributed by atoms with E-state index in [0.717, 1.165) is 24.3 Å². The van der Waals surface area contributed by atoms with E-state index in [0.29, 0.717) is 0 Å². The molecule has 0 saturated carbocycles. The predicted molar refractivity (Wildman–Crippen MR) is 155 cm³/mol. The Morgan fingerprint density at radius 1 is 0.689 bits per heavy atom. The van der Waals surface area contributed by atoms with Gasteiger partial charge in [-0.15, -0.1) is 0 Å². The molecule has 1 aliphatic rings. The maximum absolute atomic E-state index is 14.3. The number of hydrogen-bond acceptors (Lipinski definition) is 11. The van der Waals surface area contributed by atoms with Crippen molar-refractivity contribution in [1.29, 1.82) is 0 Å². The van der Waals surface area contributed by atoms with Gasteiger partial charge < -0.3 is 24.1 Å². The zero-order valence-corrected chi connectivity index (χ0v) is 23.4. The van der Waals surface area contributed by atoms with Gasteiger partial charge in [-0.3, -0.25) is 14.9 Å². The molecule has 1 heterocycles. The molecule has 0 radical (unpaired) electrons. The zero-order chi connectivity index (χ0) is 32.0. The van der Waals surface area contributed by atoms with Crippen molar-refractivity contribution in [3.8, 4) is 0 Å². The Hall–Kier alpha value is -5.72. The largest absolute Gasteiger partial charge is 0.452 e. The Kier molecular flexibility index (Phi) is 9.07. The summed E-state index contributed by atoms with van der Waals surface area (Å²) in [4.78, 5) is 65.0. The van der Waals surface area contributed by atoms with Crippen LogP contribution in [0.3, 0.4) is 0 Å². The molecule has 1 N–H and O–H groups in total. The first-order valence-electron chi connectivity index (χ1n) is 13.6. The van der Waals surface area contributed by atoms with Gasteiger partial charge in [0.25, 0.3) is 5.69 Å². The highest BCUT2D eigenvalue weighted by molar-refractivity contribution is 6.05. The summed E-state index contributed by atoms with van der Waals surface area (Å²) in [5.74, 6) is -6.87. The second-order valence-corrected chi connectivity index (χ2v) is 9.82. The van der Waals surface area contributed by atoms with Gasteiger partial charge in [-0.1, -0.05) is 54.6 Å². The molecular weight excluding hydrogens is 586 g/mol. The van der Waals surface area contributed by atoms with Crippen molar-refractivity contribution < 1.29 is 48.2 Å². The number of aliphatic hydroxyl groups is 1. The molecule has 5 rings (SSSR count). The summed E-state index contributed by atoms with van der Waals surface area (Å²) < 4.78 is 23.2. The van der Waals surface area contributed by atoms with E-state index in [9.17, 15) is 34.4 Å². The van der Waals surface area contributed by atoms with Gasteiger partial charge in [0.2, 0.25) is 11.9 Å². The number of nitro benzene ring substituents is 1. The summed E-state index contributed by atoms with van der Waals surface area (Å²) in [5.41, 5.74) is -0.416. The lowest BCUT2D eigenvalue weighted by molar-refractivity contribution is -0.384. The van der Waals surface area contributed by atoms with Crippen LogP contribution in [0.5, 0.6) is 0 Å². The molecule has 1 saturated heterocycles. The first-order chi connectivity index (χ1) is 21.7. The van der Waals surface area contributed by atoms with Gasteiger partial charge in [-0.05, 0) is 48.5 Å². The lowest BCUT2D eigenvalue weighted by Gasteiger charge is -2.32. The van der Waals surface area contributed by atoms with Crippen molar-refractivity contribution in [3.05, 3.63) is 148 Å². The van der Waals surface area contributed by atoms with Crippen LogP contribution in [0.1, 0.15) is 41.4 Å². The first-order valence-corrected chi connectivity index (χ1v) is 13.6. The fraction of sp³-hybridized carbons (Fsp3) is 0.152. The van der Waals surface area contributed by atoms with Crippen molar-refractivity contribution in [2.45, 2.75) is 24.1 Å². The molecule has 4 aromatic rings. The van der Waals surface area contributed by atoms with Crippen molar-refractivity contribution in [1.82, 2.24) is 0 Å². The average Bonchev–Trinajstić information content (AvgIpc) is 3.37. The minimum atomic E-state index is -2.82. The van der Waals surface area contributed by atoms with E-state index in [4.69, 9.17) is 18.9 Å². The van der Waals surface area contributed by atoms with Crippen LogP contribution in [0.15, 0.2) is 115 Å². The Labute approximate surface area is 255 Å². The number of carbonyl (C=O) groups excluding carboxylic acids is 4. The fourth-order valence-corrected chi connectivity index (χ4v) is 4.73. The third kappa shape index (κ3) is 6.47. The van der Waals surface area contributed by atoms with Crippen LogP contribution >= 0.6 is 0 Å². The van der Waals surface area contributed by atoms with E-state index in [1.807, 2.05) is 0 Å². The lowest BCUT2D eigenvalue weighted by Crippen LogP contribution is -2.55. The van der Waals surface area contributed by atoms with Gasteiger partial charge in [0.1, 0.15) is 6.10 Å². The van der Waals surface area contributed by atoms with Crippen molar-refractivity contribution in [3.63, 3.8) is 0 Å². The maximum Gasteiger partial charge on any atom is 0.341 e. The third-order valence-electron chi connectivity index (χ3n) is 6.95. The Morgan fingerprint density at radius 3 is 1.62 bits per heavy atom. The van der Waals surface area contributed by atoms with Crippen molar-refractivity contribution in [2.24, 2.45) is 0 Å². The highest BCUT2D eigenvalue weighted by Crippen LogP contribution is 2.41. The van der Waals surface area contributed by atoms with Crippen LogP contribution in [0.4, 0.5) is 5.69 Å². The summed E-state index contributed by atoms with van der Waals surface area (Å²) in [6.07, 6.45) is -5.15. The number of ketones is 1. The summed E-state index contributed by atoms with van der Waals surface area (Å²) in [7, 11) is 0. The first kappa shape index (κ1) is 30.7. The number of ether oxygens (including phenoxy) is 4. The molecule has 45 heavy (non-hydrogen) atoms. The molecule has 0 unspecified atom stereocenters. The Morgan fingerprint density at radius 2 is 1.16 bits per heavy atom. The second-order valence-electron chi connectivity index (χ2n) is 9.82. The van der Waals surface area contributed by atoms with E-state index in [1.54, 1.807) is 54.6 Å². The zero-order valence-electron chi connectivity index (χ0n) is 23.4. The van der Waals surface area contributed by atoms with E-state index < -0.39 is 59.3 Å². The summed E-state index contributed by atoms with van der Waals surface area (Å²) in [6.45, 7) is -0.857. The number of benzene rings is 4. The van der Waals surface area contributed by atoms with Crippen molar-refractivity contribution >= 4 is 29.4 Å². The number of non-ortho nitro benzene ring substituents is 1. The lowest BCUT2D eigenvalue weighted by atomic mass is 9.95. The highest BCUT2D eigenvalue weighted by Gasteiger charge is 2.66. The van der Waals surface area contributed by atoms with Gasteiger partial charge in [-0.25, -0.2) is 14.4 Å². The number of Topliss-reactive ketones (excluding diaryl/α,β-unsaturated/α-hetero) is 1. The molecule has 12 heteroatoms. The molecule has 0 aromatic heterocycles. The average molecular weight is 612 g/mol. The van der Waals surface area contributed by atoms with E-state index in [-0.39, 0.29) is 27.9 Å². The van der Waals surface area contributed by atoms with E-state index in [2.05, 4.69) is 0 Å². The third-order valence-corrected chi connectivity index (χ3v) is 6.95. The van der Waals surface area contributed by atoms with Gasteiger partial charge in [0.05, 0.1) is 28.2 Å². The summed E-state index contributed by atoms with van der Waals surface area (Å²) in [5, 5.41) is 21.6. The molecule has 1 aliphatic heterocycles. The van der Waals surface area contributed by atoms with E-state index in [1.165, 1.54) is 36.4 Å². The van der Waals surface area contributed by atoms with Gasteiger partial charge in [0, 0.05) is 17.7 Å². The molecule has 0 aliphatic carbocycles. The monoisotopic (exact) mass is 611 g/mol. The number of carbonyl (C=O) groups is 4. The number of rotatable bonds is 10. The van der Waals surface area contributed by atoms with Crippen LogP contribution < -0.4 is 0 Å². The number of esters is 3. The standard InChI is InChI=1S/C33H25NO11/c35-20-26-27(42-30(37)22-10-4-1-5-11-22)29(43-31(38)23-12-6-2-7-13-23)33(44-26,45-32(39)24-14-8-3-9-15-24)28(36)21-16-18-25(19-17-21)34(40)41/h1-19,26-27,29,35H,20H2/t26-,27-,29-,33+/m1/s1. The fourth-order valence-electron chi connectivity index (χ4n) is 4.73. The predicted octanol–water partition coefficient (Wildman–Crippen LogP) is 4.17. The van der Waals surface area contributed by atoms with Crippen LogP contribution in [0.25, 0.3) is 0 Å². The summed E-state index contributed by atoms with van der Waals surface area (Å²) >= 11 is 0. The normalized spacial score (nSPS) is 20.5. The Bertz CT molecular complexity index is 1700. The molecule has 4 atom stereocenters. The second kappa shape index (κ2) is 13.3. The van der Waals surface area contributed by atoms with Crippen LogP contribution in [0.2, 0.25) is 0 Å². The number of hydrogen-bond donors (Lipinski definition) is 1. The molecule has 0 spiro atoms. The quantitative estimate of drug-likeness (QED) is 0.0898. The van der Waals surface area contributed by atoms with Gasteiger partial charge in [0.15, 0.2) is 6.10 Å². The number of nitro groups is 1. The molecule has 1 fully saturated rings. The molecule has 0 amide bonds. The van der Waals surface area contributed by atoms with Gasteiger partial charge in [-0.2, -0.15) is 0 Å². The maximum atomic E-state index is 14.3. The smallest absolute Gasteiger partial charge is 0.341 e. The minimum Gasteiger partial charge on any atom is -0.452 e. The van der Waals surface area contributed by atoms with Gasteiger partial charge >= 0.3 is 23.7 Å². The Balaban J connectivity index is 1.64. The summed E-state index contributed by atoms with van der Waals surface area (Å²) in [6, 6.07) is 27.3. The van der Waals surface area contributed by atoms with E-state index >= 15 is 0 Å². The molecule has 12 nitrogen and oxygen atoms in total. The SMILES string of the molecule is O=C(O[C@H]1[C@@H](OC(=O)c2ccccc2)[C@@](OC(=O)c2ccccc2)(C(=O)c2ccc([N+](=O)[O-])cc2)O[C@@H]1CO)c1ccccc1. The highest BCUT2D eigenvalue weighted by atomic mass is 16.8. The molecule has 4 aromatic carbocycles. The molecular formula is C33H25NO11. The van der Waals surface area contributed by atoms with Crippen molar-refractivity contribution in [2.75, 3.05) is 6.61 Å². The number of nitrogens with zero attached hydrogens (tertiary/aromatic N) is 1. The van der Waals surface area contributed by atoms with Crippen LogP contribution in [-0.2, 0) is 18.9 Å². The van der Waals surface area contributed by atoms with Crippen LogP contribution in [0, 0.1) is 10.1 Å². The topological polar surface area (TPSA) is 169 Å². The molecule has 228 valence electrons. The number of aliphatic hydroxyl groups excluding tert-OH is 1.